The van der Waals surface area contributed by atoms with Gasteiger partial charge in [0.2, 0.25) is 0 Å². The maximum Gasteiger partial charge on any atom is 0.334 e. The molecule has 4 nitrogen and oxygen atoms in total. The Balaban J connectivity index is 0.000000494. The van der Waals surface area contributed by atoms with E-state index in [1.165, 1.54) is 6.26 Å². The Bertz CT molecular complexity index is 432. The van der Waals surface area contributed by atoms with Gasteiger partial charge in [-0.15, -0.1) is 0 Å². The van der Waals surface area contributed by atoms with Crippen LogP contribution in [0.5, 0.6) is 0 Å². The van der Waals surface area contributed by atoms with Crippen LogP contribution in [0.4, 0.5) is 0 Å². The number of benzene rings is 1. The van der Waals surface area contributed by atoms with Gasteiger partial charge in [0.05, 0.1) is 6.26 Å². The smallest absolute Gasteiger partial charge is 0.334 e. The monoisotopic (exact) mass is 246 g/mol. The van der Waals surface area contributed by atoms with Crippen LogP contribution >= 0.6 is 0 Å². The van der Waals surface area contributed by atoms with Crippen LogP contribution in [-0.4, -0.2) is 17.0 Å². The van der Waals surface area contributed by atoms with Crippen molar-refractivity contribution in [2.24, 2.45) is 0 Å². The van der Waals surface area contributed by atoms with Gasteiger partial charge in [-0.05, 0) is 11.6 Å². The van der Waals surface area contributed by atoms with Gasteiger partial charge in [0.25, 0.3) is 0 Å². The van der Waals surface area contributed by atoms with Gasteiger partial charge in [-0.2, -0.15) is 0 Å². The first kappa shape index (κ1) is 15.4. The lowest BCUT2D eigenvalue weighted by molar-refractivity contribution is -0.132. The van der Waals surface area contributed by atoms with Crippen LogP contribution in [0.1, 0.15) is 5.56 Å². The van der Waals surface area contributed by atoms with Crippen LogP contribution in [0.2, 0.25) is 0 Å². The summed E-state index contributed by atoms with van der Waals surface area (Å²) in [6, 6.07) is 9.58. The molecule has 0 heterocycles. The molecule has 0 aromatic heterocycles. The summed E-state index contributed by atoms with van der Waals surface area (Å²) in [6.45, 7) is 6.24. The number of carbonyl (C=O) groups excluding carboxylic acids is 1. The number of carbonyl (C=O) groups is 2. The average Bonchev–Trinajstić information content (AvgIpc) is 2.40. The van der Waals surface area contributed by atoms with Crippen molar-refractivity contribution in [3.63, 3.8) is 0 Å². The molecule has 4 heteroatoms. The second kappa shape index (κ2) is 9.59. The molecule has 0 saturated carbocycles. The van der Waals surface area contributed by atoms with Crippen LogP contribution in [0, 0.1) is 0 Å². The fraction of sp³-hybridized carbons (Fsp3) is 0. The van der Waals surface area contributed by atoms with E-state index in [9.17, 15) is 9.59 Å². The highest BCUT2D eigenvalue weighted by Gasteiger charge is 1.88. The number of ether oxygens (including phenoxy) is 1. The van der Waals surface area contributed by atoms with Crippen molar-refractivity contribution in [2.75, 3.05) is 0 Å². The minimum atomic E-state index is -0.981. The third kappa shape index (κ3) is 8.67. The molecule has 18 heavy (non-hydrogen) atoms. The fourth-order valence-corrected chi connectivity index (χ4v) is 0.792. The standard InChI is InChI=1S/C11H10O2.C3H4O2/c1-2-11(12)13-9-8-10-6-4-3-5-7-10;1-2-3(4)5/h2-9H,1H2;2H,1H2,(H,4,5). The number of carboxylic acid groups (broad SMARTS) is 1. The second-order valence-corrected chi connectivity index (χ2v) is 2.90. The highest BCUT2D eigenvalue weighted by atomic mass is 16.5. The van der Waals surface area contributed by atoms with Crippen LogP contribution in [0.25, 0.3) is 6.08 Å². The van der Waals surface area contributed by atoms with Crippen molar-refractivity contribution in [3.8, 4) is 0 Å². The molecule has 1 N–H and O–H groups in total. The quantitative estimate of drug-likeness (QED) is 0.504. The lowest BCUT2D eigenvalue weighted by Gasteiger charge is -1.92. The summed E-state index contributed by atoms with van der Waals surface area (Å²) in [5.41, 5.74) is 0.986. The first-order valence-electron chi connectivity index (χ1n) is 5.00. The zero-order valence-corrected chi connectivity index (χ0v) is 9.78. The van der Waals surface area contributed by atoms with E-state index in [1.807, 2.05) is 30.3 Å². The van der Waals surface area contributed by atoms with Gasteiger partial charge in [-0.25, -0.2) is 9.59 Å². The topological polar surface area (TPSA) is 63.6 Å². The fourth-order valence-electron chi connectivity index (χ4n) is 0.792. The summed E-state index contributed by atoms with van der Waals surface area (Å²) in [6.07, 6.45) is 5.01. The molecular weight excluding hydrogens is 232 g/mol. The highest BCUT2D eigenvalue weighted by molar-refractivity contribution is 5.82. The molecule has 1 aromatic rings. The van der Waals surface area contributed by atoms with Crippen molar-refractivity contribution in [1.82, 2.24) is 0 Å². The summed E-state index contributed by atoms with van der Waals surface area (Å²) < 4.78 is 4.66. The molecule has 1 rings (SSSR count). The molecule has 0 fully saturated rings. The maximum atomic E-state index is 10.6. The summed E-state index contributed by atoms with van der Waals surface area (Å²) in [5, 5.41) is 7.60. The zero-order chi connectivity index (χ0) is 13.8. The second-order valence-electron chi connectivity index (χ2n) is 2.90. The minimum Gasteiger partial charge on any atom is -0.478 e. The minimum absolute atomic E-state index is 0.452. The molecule has 0 saturated heterocycles. The molecule has 0 atom stereocenters. The maximum absolute atomic E-state index is 10.6. The van der Waals surface area contributed by atoms with Crippen molar-refractivity contribution in [2.45, 2.75) is 0 Å². The molecule has 0 bridgehead atoms. The van der Waals surface area contributed by atoms with Gasteiger partial charge >= 0.3 is 11.9 Å². The lowest BCUT2D eigenvalue weighted by Crippen LogP contribution is -1.91. The van der Waals surface area contributed by atoms with E-state index < -0.39 is 11.9 Å². The Morgan fingerprint density at radius 2 is 1.67 bits per heavy atom. The van der Waals surface area contributed by atoms with E-state index >= 15 is 0 Å². The molecule has 0 amide bonds. The molecule has 0 aliphatic rings. The molecular formula is C14H14O4. The third-order valence-corrected chi connectivity index (χ3v) is 1.59. The summed E-state index contributed by atoms with van der Waals surface area (Å²) in [7, 11) is 0. The van der Waals surface area contributed by atoms with Crippen molar-refractivity contribution in [1.29, 1.82) is 0 Å². The molecule has 0 radical (unpaired) electrons. The number of rotatable bonds is 4. The zero-order valence-electron chi connectivity index (χ0n) is 9.78. The van der Waals surface area contributed by atoms with Gasteiger partial charge in [0, 0.05) is 12.2 Å². The number of hydrogen-bond donors (Lipinski definition) is 1. The average molecular weight is 246 g/mol. The summed E-state index contributed by atoms with van der Waals surface area (Å²) >= 11 is 0. The summed E-state index contributed by atoms with van der Waals surface area (Å²) in [4.78, 5) is 19.9. The van der Waals surface area contributed by atoms with Crippen LogP contribution in [0.3, 0.4) is 0 Å². The number of hydrogen-bond acceptors (Lipinski definition) is 3. The molecule has 94 valence electrons. The van der Waals surface area contributed by atoms with Crippen molar-refractivity contribution >= 4 is 18.0 Å². The van der Waals surface area contributed by atoms with Gasteiger partial charge in [0.15, 0.2) is 0 Å². The van der Waals surface area contributed by atoms with Crippen molar-refractivity contribution < 1.29 is 19.4 Å². The van der Waals surface area contributed by atoms with E-state index in [0.29, 0.717) is 0 Å². The Kier molecular flexibility index (Phi) is 8.20. The number of aliphatic carboxylic acids is 1. The van der Waals surface area contributed by atoms with Crippen LogP contribution in [0.15, 0.2) is 61.9 Å². The van der Waals surface area contributed by atoms with Crippen LogP contribution in [-0.2, 0) is 14.3 Å². The highest BCUT2D eigenvalue weighted by Crippen LogP contribution is 2.00. The van der Waals surface area contributed by atoms with E-state index in [2.05, 4.69) is 17.9 Å². The van der Waals surface area contributed by atoms with Gasteiger partial charge in [-0.3, -0.25) is 0 Å². The predicted molar refractivity (Wildman–Crippen MR) is 69.6 cm³/mol. The van der Waals surface area contributed by atoms with E-state index in [-0.39, 0.29) is 0 Å². The van der Waals surface area contributed by atoms with E-state index in [1.54, 1.807) is 6.08 Å². The molecule has 1 aromatic carbocycles. The Morgan fingerprint density at radius 1 is 1.11 bits per heavy atom. The first-order valence-corrected chi connectivity index (χ1v) is 5.00. The lowest BCUT2D eigenvalue weighted by atomic mass is 10.2. The van der Waals surface area contributed by atoms with E-state index in [4.69, 9.17) is 5.11 Å². The Hall–Kier alpha value is -2.62. The largest absolute Gasteiger partial charge is 0.478 e. The Labute approximate surface area is 106 Å². The van der Waals surface area contributed by atoms with Gasteiger partial charge < -0.3 is 9.84 Å². The van der Waals surface area contributed by atoms with E-state index in [0.717, 1.165) is 17.7 Å². The molecule has 0 aliphatic heterocycles. The third-order valence-electron chi connectivity index (χ3n) is 1.59. The Morgan fingerprint density at radius 3 is 2.11 bits per heavy atom. The predicted octanol–water partition coefficient (Wildman–Crippen LogP) is 2.64. The normalized spacial score (nSPS) is 8.89. The van der Waals surface area contributed by atoms with Gasteiger partial charge in [-0.1, -0.05) is 43.5 Å². The van der Waals surface area contributed by atoms with Gasteiger partial charge in [0.1, 0.15) is 0 Å². The first-order chi connectivity index (χ1) is 8.60. The van der Waals surface area contributed by atoms with Crippen molar-refractivity contribution in [3.05, 3.63) is 67.5 Å². The molecule has 0 spiro atoms. The van der Waals surface area contributed by atoms with Crippen LogP contribution < -0.4 is 0 Å². The molecule has 0 aliphatic carbocycles. The SMILES string of the molecule is C=CC(=O)O.C=CC(=O)OC=Cc1ccccc1. The summed E-state index contributed by atoms with van der Waals surface area (Å²) in [5.74, 6) is -1.43. The molecule has 0 unspecified atom stereocenters. The number of esters is 1. The number of carboxylic acids is 1.